The molecule has 0 saturated carbocycles. The molecule has 0 aliphatic heterocycles. The normalized spacial score (nSPS) is 10.4. The highest BCUT2D eigenvalue weighted by atomic mass is 32.1. The molecule has 0 aliphatic rings. The summed E-state index contributed by atoms with van der Waals surface area (Å²) in [6, 6.07) is 8.96. The molecule has 0 unspecified atom stereocenters. The lowest BCUT2D eigenvalue weighted by Gasteiger charge is -2.10. The number of anilines is 1. The zero-order valence-electron chi connectivity index (χ0n) is 13.1. The van der Waals surface area contributed by atoms with Crippen molar-refractivity contribution in [3.8, 4) is 23.0 Å². The highest BCUT2D eigenvalue weighted by Crippen LogP contribution is 2.32. The molecule has 1 amide bonds. The van der Waals surface area contributed by atoms with E-state index in [1.807, 2.05) is 23.6 Å². The predicted octanol–water partition coefficient (Wildman–Crippen LogP) is 3.13. The van der Waals surface area contributed by atoms with Crippen molar-refractivity contribution >= 4 is 22.2 Å². The Balaban J connectivity index is 1.65. The SMILES string of the molecule is COc1ccccc1OCC(=O)Nc1sccc1-c1nc(C)no1. The molecule has 124 valence electrons. The summed E-state index contributed by atoms with van der Waals surface area (Å²) in [5.74, 6) is 1.70. The van der Waals surface area contributed by atoms with E-state index >= 15 is 0 Å². The number of aryl methyl sites for hydroxylation is 1. The summed E-state index contributed by atoms with van der Waals surface area (Å²) < 4.78 is 15.8. The number of rotatable bonds is 6. The number of aromatic nitrogens is 2. The van der Waals surface area contributed by atoms with Gasteiger partial charge in [0.05, 0.1) is 12.7 Å². The summed E-state index contributed by atoms with van der Waals surface area (Å²) in [6.45, 7) is 1.60. The molecule has 0 fully saturated rings. The van der Waals surface area contributed by atoms with Gasteiger partial charge in [0.2, 0.25) is 0 Å². The van der Waals surface area contributed by atoms with E-state index in [2.05, 4.69) is 15.5 Å². The van der Waals surface area contributed by atoms with E-state index in [0.717, 1.165) is 0 Å². The summed E-state index contributed by atoms with van der Waals surface area (Å²) in [7, 11) is 1.55. The minimum absolute atomic E-state index is 0.138. The van der Waals surface area contributed by atoms with Crippen LogP contribution >= 0.6 is 11.3 Å². The predicted molar refractivity (Wildman–Crippen MR) is 89.5 cm³/mol. The van der Waals surface area contributed by atoms with Crippen molar-refractivity contribution in [2.75, 3.05) is 19.0 Å². The van der Waals surface area contributed by atoms with Gasteiger partial charge in [0.1, 0.15) is 5.00 Å². The zero-order chi connectivity index (χ0) is 16.9. The number of benzene rings is 1. The minimum Gasteiger partial charge on any atom is -0.493 e. The molecule has 24 heavy (non-hydrogen) atoms. The second-order valence-corrected chi connectivity index (χ2v) is 5.71. The average molecular weight is 345 g/mol. The number of ether oxygens (including phenoxy) is 2. The molecule has 0 radical (unpaired) electrons. The molecule has 8 heteroatoms. The Hall–Kier alpha value is -2.87. The number of carbonyl (C=O) groups is 1. The quantitative estimate of drug-likeness (QED) is 0.738. The maximum Gasteiger partial charge on any atom is 0.262 e. The summed E-state index contributed by atoms with van der Waals surface area (Å²) in [5, 5.41) is 9.02. The molecule has 0 spiro atoms. The Morgan fingerprint density at radius 3 is 2.79 bits per heavy atom. The van der Waals surface area contributed by atoms with Crippen molar-refractivity contribution < 1.29 is 18.8 Å². The van der Waals surface area contributed by atoms with Crippen LogP contribution < -0.4 is 14.8 Å². The first-order valence-electron chi connectivity index (χ1n) is 7.11. The van der Waals surface area contributed by atoms with Gasteiger partial charge < -0.3 is 19.3 Å². The van der Waals surface area contributed by atoms with Crippen LogP contribution in [0.15, 0.2) is 40.2 Å². The Kier molecular flexibility index (Phi) is 4.76. The Morgan fingerprint density at radius 2 is 2.08 bits per heavy atom. The summed E-state index contributed by atoms with van der Waals surface area (Å²) in [5.41, 5.74) is 0.686. The number of methoxy groups -OCH3 is 1. The molecule has 1 aromatic carbocycles. The maximum atomic E-state index is 12.1. The highest BCUT2D eigenvalue weighted by Gasteiger charge is 2.15. The van der Waals surface area contributed by atoms with Crippen LogP contribution in [0.25, 0.3) is 11.5 Å². The van der Waals surface area contributed by atoms with E-state index in [9.17, 15) is 4.79 Å². The van der Waals surface area contributed by atoms with Crippen LogP contribution in [0.3, 0.4) is 0 Å². The number of hydrogen-bond donors (Lipinski definition) is 1. The molecule has 0 saturated heterocycles. The molecule has 3 rings (SSSR count). The van der Waals surface area contributed by atoms with Crippen LogP contribution in [-0.4, -0.2) is 29.8 Å². The van der Waals surface area contributed by atoms with Gasteiger partial charge >= 0.3 is 0 Å². The van der Waals surface area contributed by atoms with Crippen molar-refractivity contribution in [3.05, 3.63) is 41.5 Å². The first kappa shape index (κ1) is 16.0. The van der Waals surface area contributed by atoms with Crippen LogP contribution in [-0.2, 0) is 4.79 Å². The monoisotopic (exact) mass is 345 g/mol. The molecular formula is C16H15N3O4S. The number of nitrogens with one attached hydrogen (secondary N) is 1. The standard InChI is InChI=1S/C16H15N3O4S/c1-10-17-15(23-19-10)11-7-8-24-16(11)18-14(20)9-22-13-6-4-3-5-12(13)21-2/h3-8H,9H2,1-2H3,(H,18,20). The van der Waals surface area contributed by atoms with Crippen molar-refractivity contribution in [2.45, 2.75) is 6.92 Å². The number of nitrogens with zero attached hydrogens (tertiary/aromatic N) is 2. The number of carbonyl (C=O) groups excluding carboxylic acids is 1. The fraction of sp³-hybridized carbons (Fsp3) is 0.188. The molecular weight excluding hydrogens is 330 g/mol. The van der Waals surface area contributed by atoms with Crippen molar-refractivity contribution in [2.24, 2.45) is 0 Å². The van der Waals surface area contributed by atoms with Gasteiger partial charge in [-0.05, 0) is 30.5 Å². The van der Waals surface area contributed by atoms with E-state index in [4.69, 9.17) is 14.0 Å². The van der Waals surface area contributed by atoms with Crippen LogP contribution in [0, 0.1) is 6.92 Å². The zero-order valence-corrected chi connectivity index (χ0v) is 13.9. The molecule has 7 nitrogen and oxygen atoms in total. The van der Waals surface area contributed by atoms with E-state index in [-0.39, 0.29) is 12.5 Å². The number of amides is 1. The van der Waals surface area contributed by atoms with Gasteiger partial charge in [-0.25, -0.2) is 0 Å². The second kappa shape index (κ2) is 7.14. The Labute approximate surface area is 142 Å². The number of thiophene rings is 1. The van der Waals surface area contributed by atoms with Gasteiger partial charge in [0.15, 0.2) is 23.9 Å². The van der Waals surface area contributed by atoms with Crippen LogP contribution in [0.5, 0.6) is 11.5 Å². The topological polar surface area (TPSA) is 86.5 Å². The third-order valence-corrected chi connectivity index (χ3v) is 3.93. The number of hydrogen-bond acceptors (Lipinski definition) is 7. The Bertz CT molecular complexity index is 843. The van der Waals surface area contributed by atoms with Gasteiger partial charge in [-0.1, -0.05) is 17.3 Å². The summed E-state index contributed by atoms with van der Waals surface area (Å²) >= 11 is 1.37. The van der Waals surface area contributed by atoms with E-state index in [0.29, 0.717) is 33.8 Å². The maximum absolute atomic E-state index is 12.1. The molecule has 1 N–H and O–H groups in total. The van der Waals surface area contributed by atoms with E-state index < -0.39 is 0 Å². The number of para-hydroxylation sites is 2. The van der Waals surface area contributed by atoms with Crippen molar-refractivity contribution in [3.63, 3.8) is 0 Å². The van der Waals surface area contributed by atoms with Gasteiger partial charge in [-0.15, -0.1) is 11.3 Å². The van der Waals surface area contributed by atoms with E-state index in [1.165, 1.54) is 11.3 Å². The van der Waals surface area contributed by atoms with Crippen molar-refractivity contribution in [1.29, 1.82) is 0 Å². The third-order valence-electron chi connectivity index (χ3n) is 3.10. The van der Waals surface area contributed by atoms with Gasteiger partial charge in [-0.3, -0.25) is 4.79 Å². The van der Waals surface area contributed by atoms with Gasteiger partial charge in [0.25, 0.3) is 11.8 Å². The summed E-state index contributed by atoms with van der Waals surface area (Å²) in [6.07, 6.45) is 0. The van der Waals surface area contributed by atoms with Crippen LogP contribution in [0.1, 0.15) is 5.82 Å². The lowest BCUT2D eigenvalue weighted by atomic mass is 10.3. The largest absolute Gasteiger partial charge is 0.493 e. The molecule has 0 atom stereocenters. The van der Waals surface area contributed by atoms with Gasteiger partial charge in [-0.2, -0.15) is 4.98 Å². The van der Waals surface area contributed by atoms with Crippen LogP contribution in [0.4, 0.5) is 5.00 Å². The molecule has 2 heterocycles. The third kappa shape index (κ3) is 3.54. The van der Waals surface area contributed by atoms with Crippen molar-refractivity contribution in [1.82, 2.24) is 10.1 Å². The van der Waals surface area contributed by atoms with Crippen LogP contribution in [0.2, 0.25) is 0 Å². The minimum atomic E-state index is -0.291. The lowest BCUT2D eigenvalue weighted by molar-refractivity contribution is -0.118. The molecule has 0 aliphatic carbocycles. The van der Waals surface area contributed by atoms with E-state index in [1.54, 1.807) is 26.2 Å². The Morgan fingerprint density at radius 1 is 1.29 bits per heavy atom. The fourth-order valence-corrected chi connectivity index (χ4v) is 2.82. The molecule has 3 aromatic rings. The molecule has 2 aromatic heterocycles. The summed E-state index contributed by atoms with van der Waals surface area (Å²) in [4.78, 5) is 16.3. The first-order valence-corrected chi connectivity index (χ1v) is 7.99. The highest BCUT2D eigenvalue weighted by molar-refractivity contribution is 7.15. The second-order valence-electron chi connectivity index (χ2n) is 4.80. The molecule has 0 bridgehead atoms. The average Bonchev–Trinajstić information content (AvgIpc) is 3.21. The first-order chi connectivity index (χ1) is 11.7. The fourth-order valence-electron chi connectivity index (χ4n) is 2.03. The smallest absolute Gasteiger partial charge is 0.262 e. The van der Waals surface area contributed by atoms with Gasteiger partial charge in [0, 0.05) is 0 Å². The lowest BCUT2D eigenvalue weighted by Crippen LogP contribution is -2.20.